The Balaban J connectivity index is 4.34. The number of esters is 2. The third kappa shape index (κ3) is 11.5. The molecule has 134 valence electrons. The van der Waals surface area contributed by atoms with Gasteiger partial charge in [0.1, 0.15) is 18.2 Å². The van der Waals surface area contributed by atoms with Gasteiger partial charge in [0.15, 0.2) is 0 Å². The molecule has 0 aliphatic heterocycles. The Kier molecular flexibility index (Phi) is 10.2. The number of ether oxygens (including phenoxy) is 4. The van der Waals surface area contributed by atoms with Gasteiger partial charge in [0.25, 0.3) is 0 Å². The molecule has 0 aliphatic carbocycles. The van der Waals surface area contributed by atoms with Gasteiger partial charge in [-0.3, -0.25) is 9.59 Å². The largest absolute Gasteiger partial charge is 0.467 e. The Morgan fingerprint density at radius 1 is 1.09 bits per heavy atom. The highest BCUT2D eigenvalue weighted by Crippen LogP contribution is 2.10. The summed E-state index contributed by atoms with van der Waals surface area (Å²) in [7, 11) is 2.73. The minimum absolute atomic E-state index is 0.0121. The second kappa shape index (κ2) is 11.0. The molecule has 0 heterocycles. The zero-order chi connectivity index (χ0) is 17.9. The molecule has 23 heavy (non-hydrogen) atoms. The van der Waals surface area contributed by atoms with E-state index in [1.54, 1.807) is 20.8 Å². The molecule has 0 saturated carbocycles. The van der Waals surface area contributed by atoms with E-state index in [0.29, 0.717) is 6.61 Å². The molecule has 0 aromatic heterocycles. The number of nitrogens with one attached hydrogen (secondary N) is 1. The molecule has 0 spiro atoms. The number of rotatable bonds is 10. The fraction of sp³-hybridized carbons (Fsp3) is 0.800. The molecule has 1 amide bonds. The summed E-state index contributed by atoms with van der Waals surface area (Å²) in [6.07, 6.45) is 0.0766. The van der Waals surface area contributed by atoms with Crippen LogP contribution in [0.5, 0.6) is 0 Å². The third-order valence-corrected chi connectivity index (χ3v) is 2.54. The highest BCUT2D eigenvalue weighted by atomic mass is 16.6. The molecule has 1 N–H and O–H groups in total. The lowest BCUT2D eigenvalue weighted by atomic mass is 10.1. The van der Waals surface area contributed by atoms with Crippen molar-refractivity contribution in [1.29, 1.82) is 0 Å². The molecule has 0 rings (SSSR count). The van der Waals surface area contributed by atoms with Gasteiger partial charge in [-0.05, 0) is 27.2 Å². The Labute approximate surface area is 136 Å². The number of amides is 1. The minimum atomic E-state index is -0.925. The first-order chi connectivity index (χ1) is 10.7. The van der Waals surface area contributed by atoms with Crippen LogP contribution in [-0.2, 0) is 33.3 Å². The molecule has 0 radical (unpaired) electrons. The summed E-state index contributed by atoms with van der Waals surface area (Å²) in [5, 5.41) is 2.48. The van der Waals surface area contributed by atoms with Crippen LogP contribution in [0.4, 0.5) is 0 Å². The van der Waals surface area contributed by atoms with Crippen LogP contribution in [0.15, 0.2) is 0 Å². The van der Waals surface area contributed by atoms with Crippen LogP contribution in [-0.4, -0.2) is 63.5 Å². The second-order valence-electron chi connectivity index (χ2n) is 5.81. The monoisotopic (exact) mass is 333 g/mol. The molecule has 8 nitrogen and oxygen atoms in total. The lowest BCUT2D eigenvalue weighted by Crippen LogP contribution is -2.43. The number of carbonyl (C=O) groups excluding carboxylic acids is 3. The molecular formula is C15H27NO7. The maximum Gasteiger partial charge on any atom is 0.328 e. The predicted octanol–water partition coefficient (Wildman–Crippen LogP) is 0.429. The Hall–Kier alpha value is -1.67. The SMILES string of the molecule is COCCOCC(=O)N[C@H](CCC(=O)OC(C)(C)C)C(=O)OC. The fourth-order valence-corrected chi connectivity index (χ4v) is 1.59. The van der Waals surface area contributed by atoms with E-state index in [2.05, 4.69) is 10.1 Å². The molecule has 1 atom stereocenters. The van der Waals surface area contributed by atoms with Gasteiger partial charge in [-0.15, -0.1) is 0 Å². The smallest absolute Gasteiger partial charge is 0.328 e. The summed E-state index contributed by atoms with van der Waals surface area (Å²) in [4.78, 5) is 35.1. The Morgan fingerprint density at radius 2 is 1.74 bits per heavy atom. The summed E-state index contributed by atoms with van der Waals surface area (Å²) in [6.45, 7) is 5.69. The van der Waals surface area contributed by atoms with Crippen LogP contribution >= 0.6 is 0 Å². The number of hydrogen-bond donors (Lipinski definition) is 1. The van der Waals surface area contributed by atoms with E-state index < -0.39 is 29.5 Å². The predicted molar refractivity (Wildman–Crippen MR) is 81.7 cm³/mol. The average Bonchev–Trinajstić information content (AvgIpc) is 2.45. The molecule has 0 aromatic carbocycles. The van der Waals surface area contributed by atoms with Gasteiger partial charge in [0.05, 0.1) is 20.3 Å². The van der Waals surface area contributed by atoms with Gasteiger partial charge < -0.3 is 24.3 Å². The van der Waals surface area contributed by atoms with Crippen molar-refractivity contribution >= 4 is 17.8 Å². The highest BCUT2D eigenvalue weighted by molar-refractivity contribution is 5.85. The van der Waals surface area contributed by atoms with Crippen molar-refractivity contribution in [3.63, 3.8) is 0 Å². The van der Waals surface area contributed by atoms with Gasteiger partial charge in [-0.1, -0.05) is 0 Å². The summed E-state index contributed by atoms with van der Waals surface area (Å²) >= 11 is 0. The second-order valence-corrected chi connectivity index (χ2v) is 5.81. The molecule has 0 unspecified atom stereocenters. The minimum Gasteiger partial charge on any atom is -0.467 e. The summed E-state index contributed by atoms with van der Waals surface area (Å²) in [5.74, 6) is -1.54. The standard InChI is InChI=1S/C15H27NO7/c1-15(2,3)23-13(18)7-6-11(14(19)21-5)16-12(17)10-22-9-8-20-4/h11H,6-10H2,1-5H3,(H,16,17)/t11-/m1/s1. The average molecular weight is 333 g/mol. The zero-order valence-electron chi connectivity index (χ0n) is 14.5. The first kappa shape index (κ1) is 21.3. The van der Waals surface area contributed by atoms with E-state index in [0.717, 1.165) is 0 Å². The lowest BCUT2D eigenvalue weighted by Gasteiger charge is -2.21. The molecule has 0 bridgehead atoms. The number of hydrogen-bond acceptors (Lipinski definition) is 7. The Bertz CT molecular complexity index is 390. The van der Waals surface area contributed by atoms with Crippen molar-refractivity contribution in [2.75, 3.05) is 34.0 Å². The van der Waals surface area contributed by atoms with Gasteiger partial charge >= 0.3 is 11.9 Å². The van der Waals surface area contributed by atoms with Gasteiger partial charge in [0.2, 0.25) is 5.91 Å². The van der Waals surface area contributed by atoms with Gasteiger partial charge in [0, 0.05) is 13.5 Å². The van der Waals surface area contributed by atoms with Crippen molar-refractivity contribution in [3.05, 3.63) is 0 Å². The van der Waals surface area contributed by atoms with Crippen LogP contribution in [0.1, 0.15) is 33.6 Å². The topological polar surface area (TPSA) is 100 Å². The van der Waals surface area contributed by atoms with E-state index in [1.165, 1.54) is 14.2 Å². The summed E-state index contributed by atoms with van der Waals surface area (Å²) < 4.78 is 19.6. The molecule has 0 saturated heterocycles. The number of carbonyl (C=O) groups is 3. The zero-order valence-corrected chi connectivity index (χ0v) is 14.5. The molecule has 0 aliphatic rings. The van der Waals surface area contributed by atoms with E-state index in [1.807, 2.05) is 0 Å². The van der Waals surface area contributed by atoms with E-state index in [4.69, 9.17) is 14.2 Å². The highest BCUT2D eigenvalue weighted by Gasteiger charge is 2.24. The van der Waals surface area contributed by atoms with Gasteiger partial charge in [-0.25, -0.2) is 4.79 Å². The van der Waals surface area contributed by atoms with Crippen molar-refractivity contribution in [3.8, 4) is 0 Å². The first-order valence-corrected chi connectivity index (χ1v) is 7.35. The van der Waals surface area contributed by atoms with E-state index >= 15 is 0 Å². The number of methoxy groups -OCH3 is 2. The lowest BCUT2D eigenvalue weighted by molar-refractivity contribution is -0.155. The molecule has 8 heteroatoms. The van der Waals surface area contributed by atoms with Crippen molar-refractivity contribution < 1.29 is 33.3 Å². The maximum atomic E-state index is 11.7. The summed E-state index contributed by atoms with van der Waals surface area (Å²) in [6, 6.07) is -0.925. The molecule has 0 fully saturated rings. The van der Waals surface area contributed by atoms with E-state index in [9.17, 15) is 14.4 Å². The van der Waals surface area contributed by atoms with E-state index in [-0.39, 0.29) is 26.1 Å². The normalized spacial score (nSPS) is 12.4. The maximum absolute atomic E-state index is 11.7. The first-order valence-electron chi connectivity index (χ1n) is 7.35. The Morgan fingerprint density at radius 3 is 2.26 bits per heavy atom. The van der Waals surface area contributed by atoms with Crippen molar-refractivity contribution in [1.82, 2.24) is 5.32 Å². The van der Waals surface area contributed by atoms with Crippen LogP contribution in [0.3, 0.4) is 0 Å². The fourth-order valence-electron chi connectivity index (χ4n) is 1.59. The molecular weight excluding hydrogens is 306 g/mol. The van der Waals surface area contributed by atoms with Crippen LogP contribution < -0.4 is 5.32 Å². The van der Waals surface area contributed by atoms with Crippen LogP contribution in [0.25, 0.3) is 0 Å². The van der Waals surface area contributed by atoms with Crippen LogP contribution in [0.2, 0.25) is 0 Å². The quantitative estimate of drug-likeness (QED) is 0.457. The summed E-state index contributed by atoms with van der Waals surface area (Å²) in [5.41, 5.74) is -0.601. The van der Waals surface area contributed by atoms with Crippen LogP contribution in [0, 0.1) is 0 Å². The molecule has 0 aromatic rings. The van der Waals surface area contributed by atoms with Gasteiger partial charge in [-0.2, -0.15) is 0 Å². The third-order valence-electron chi connectivity index (χ3n) is 2.54. The van der Waals surface area contributed by atoms with Crippen molar-refractivity contribution in [2.24, 2.45) is 0 Å². The van der Waals surface area contributed by atoms with Crippen molar-refractivity contribution in [2.45, 2.75) is 45.3 Å².